The van der Waals surface area contributed by atoms with Crippen molar-refractivity contribution in [1.29, 1.82) is 0 Å². The van der Waals surface area contributed by atoms with Gasteiger partial charge >= 0.3 is 6.03 Å². The summed E-state index contributed by atoms with van der Waals surface area (Å²) in [6.45, 7) is 0.322. The molecular weight excluding hydrogens is 387 g/mol. The highest BCUT2D eigenvalue weighted by atomic mass is 35.5. The van der Waals surface area contributed by atoms with Crippen LogP contribution in [-0.2, 0) is 6.54 Å². The van der Waals surface area contributed by atoms with E-state index in [0.29, 0.717) is 16.6 Å². The molecule has 1 heterocycles. The predicted molar refractivity (Wildman–Crippen MR) is 108 cm³/mol. The van der Waals surface area contributed by atoms with E-state index < -0.39 is 0 Å². The molecule has 0 saturated carbocycles. The van der Waals surface area contributed by atoms with Crippen LogP contribution >= 0.6 is 35.0 Å². The number of rotatable bonds is 2. The van der Waals surface area contributed by atoms with Gasteiger partial charge in [-0.25, -0.2) is 4.79 Å². The number of benzene rings is 3. The molecule has 3 aromatic rings. The summed E-state index contributed by atoms with van der Waals surface area (Å²) in [6, 6.07) is 20.8. The van der Waals surface area contributed by atoms with Crippen molar-refractivity contribution in [3.63, 3.8) is 0 Å². The molecule has 0 spiro atoms. The third-order valence-corrected chi connectivity index (χ3v) is 5.80. The Kier molecular flexibility index (Phi) is 4.81. The number of para-hydroxylation sites is 2. The molecule has 0 fully saturated rings. The molecule has 6 heteroatoms. The number of nitrogens with zero attached hydrogens (tertiary/aromatic N) is 1. The molecule has 1 aliphatic rings. The van der Waals surface area contributed by atoms with Crippen LogP contribution in [0.2, 0.25) is 10.0 Å². The van der Waals surface area contributed by atoms with Gasteiger partial charge in [0, 0.05) is 26.4 Å². The Balaban J connectivity index is 1.63. The van der Waals surface area contributed by atoms with Crippen LogP contribution in [0.4, 0.5) is 16.2 Å². The molecule has 3 nitrogen and oxygen atoms in total. The van der Waals surface area contributed by atoms with E-state index in [-0.39, 0.29) is 6.03 Å². The third-order valence-electron chi connectivity index (χ3n) is 4.08. The first-order valence-corrected chi connectivity index (χ1v) is 9.58. The van der Waals surface area contributed by atoms with Gasteiger partial charge in [0.2, 0.25) is 0 Å². The summed E-state index contributed by atoms with van der Waals surface area (Å²) in [7, 11) is 0. The smallest absolute Gasteiger partial charge is 0.326 e. The maximum atomic E-state index is 13.0. The Morgan fingerprint density at radius 2 is 1.54 bits per heavy atom. The zero-order valence-electron chi connectivity index (χ0n) is 13.6. The average molecular weight is 401 g/mol. The second-order valence-electron chi connectivity index (χ2n) is 5.77. The van der Waals surface area contributed by atoms with Crippen molar-refractivity contribution in [3.05, 3.63) is 82.3 Å². The molecule has 130 valence electrons. The fourth-order valence-corrected chi connectivity index (χ4v) is 4.37. The Bertz CT molecular complexity index is 948. The van der Waals surface area contributed by atoms with Crippen molar-refractivity contribution in [1.82, 2.24) is 5.32 Å². The summed E-state index contributed by atoms with van der Waals surface area (Å²) in [5, 5.41) is 4.07. The monoisotopic (exact) mass is 400 g/mol. The highest BCUT2D eigenvalue weighted by Gasteiger charge is 2.27. The van der Waals surface area contributed by atoms with Crippen molar-refractivity contribution in [2.24, 2.45) is 0 Å². The second kappa shape index (κ2) is 7.23. The molecule has 1 aliphatic heterocycles. The van der Waals surface area contributed by atoms with Gasteiger partial charge in [0.15, 0.2) is 0 Å². The molecule has 4 rings (SSSR count). The summed E-state index contributed by atoms with van der Waals surface area (Å²) in [5.41, 5.74) is 2.56. The molecule has 0 radical (unpaired) electrons. The largest absolute Gasteiger partial charge is 0.333 e. The Morgan fingerprint density at radius 1 is 0.923 bits per heavy atom. The molecule has 0 bridgehead atoms. The van der Waals surface area contributed by atoms with Gasteiger partial charge in [0.25, 0.3) is 0 Å². The summed E-state index contributed by atoms with van der Waals surface area (Å²) in [4.78, 5) is 16.8. The van der Waals surface area contributed by atoms with Crippen molar-refractivity contribution in [3.8, 4) is 0 Å². The minimum atomic E-state index is -0.198. The molecule has 1 N–H and O–H groups in total. The molecule has 26 heavy (non-hydrogen) atoms. The first-order valence-electron chi connectivity index (χ1n) is 8.01. The summed E-state index contributed by atoms with van der Waals surface area (Å²) >= 11 is 13.8. The Labute approximate surface area is 165 Å². The Morgan fingerprint density at radius 3 is 2.15 bits per heavy atom. The molecule has 3 aromatic carbocycles. The molecule has 2 amide bonds. The SMILES string of the molecule is O=C(NCc1ccc(Cl)cc1Cl)N1c2ccccc2Sc2ccccc21. The van der Waals surface area contributed by atoms with E-state index in [9.17, 15) is 4.79 Å². The second-order valence-corrected chi connectivity index (χ2v) is 7.69. The van der Waals surface area contributed by atoms with Crippen LogP contribution < -0.4 is 10.2 Å². The van der Waals surface area contributed by atoms with E-state index in [1.165, 1.54) is 0 Å². The average Bonchev–Trinajstić information content (AvgIpc) is 2.65. The number of halogens is 2. The van der Waals surface area contributed by atoms with Crippen LogP contribution in [0.25, 0.3) is 0 Å². The van der Waals surface area contributed by atoms with Gasteiger partial charge in [0.05, 0.1) is 11.4 Å². The van der Waals surface area contributed by atoms with Crippen LogP contribution in [0.1, 0.15) is 5.56 Å². The van der Waals surface area contributed by atoms with Gasteiger partial charge in [-0.3, -0.25) is 4.90 Å². The molecule has 0 atom stereocenters. The normalized spacial score (nSPS) is 12.3. The van der Waals surface area contributed by atoms with Crippen LogP contribution in [0.5, 0.6) is 0 Å². The molecular formula is C20H14Cl2N2OS. The van der Waals surface area contributed by atoms with E-state index in [2.05, 4.69) is 5.32 Å². The standard InChI is InChI=1S/C20H14Cl2N2OS/c21-14-10-9-13(15(22)11-14)12-23-20(25)24-16-5-1-3-7-18(16)26-19-8-4-2-6-17(19)24/h1-11H,12H2,(H,23,25). The van der Waals surface area contributed by atoms with Crippen LogP contribution in [-0.4, -0.2) is 6.03 Å². The van der Waals surface area contributed by atoms with Gasteiger partial charge in [-0.15, -0.1) is 0 Å². The number of urea groups is 1. The zero-order valence-corrected chi connectivity index (χ0v) is 15.9. The van der Waals surface area contributed by atoms with E-state index >= 15 is 0 Å². The number of fused-ring (bicyclic) bond motifs is 2. The lowest BCUT2D eigenvalue weighted by atomic mass is 10.2. The molecule has 0 saturated heterocycles. The van der Waals surface area contributed by atoms with Crippen molar-refractivity contribution < 1.29 is 4.79 Å². The predicted octanol–water partition coefficient (Wildman–Crippen LogP) is 6.51. The van der Waals surface area contributed by atoms with Gasteiger partial charge in [-0.05, 0) is 42.0 Å². The fraction of sp³-hybridized carbons (Fsp3) is 0.0500. The number of carbonyl (C=O) groups excluding carboxylic acids is 1. The van der Waals surface area contributed by atoms with Gasteiger partial charge in [-0.2, -0.15) is 0 Å². The zero-order chi connectivity index (χ0) is 18.1. The first-order chi connectivity index (χ1) is 12.6. The molecule has 0 aliphatic carbocycles. The first kappa shape index (κ1) is 17.3. The maximum absolute atomic E-state index is 13.0. The summed E-state index contributed by atoms with van der Waals surface area (Å²) in [6.07, 6.45) is 0. The lowest BCUT2D eigenvalue weighted by molar-refractivity contribution is 0.248. The quantitative estimate of drug-likeness (QED) is 0.531. The van der Waals surface area contributed by atoms with E-state index in [1.54, 1.807) is 28.8 Å². The van der Waals surface area contributed by atoms with Crippen LogP contribution in [0, 0.1) is 0 Å². The van der Waals surface area contributed by atoms with Crippen molar-refractivity contribution >= 4 is 52.4 Å². The summed E-state index contributed by atoms with van der Waals surface area (Å²) in [5.74, 6) is 0. The van der Waals surface area contributed by atoms with Crippen LogP contribution in [0.15, 0.2) is 76.5 Å². The van der Waals surface area contributed by atoms with Crippen LogP contribution in [0.3, 0.4) is 0 Å². The van der Waals surface area contributed by atoms with Crippen molar-refractivity contribution in [2.45, 2.75) is 16.3 Å². The van der Waals surface area contributed by atoms with Gasteiger partial charge in [-0.1, -0.05) is 65.3 Å². The van der Waals surface area contributed by atoms with Gasteiger partial charge in [0.1, 0.15) is 0 Å². The summed E-state index contributed by atoms with van der Waals surface area (Å²) < 4.78 is 0. The van der Waals surface area contributed by atoms with E-state index in [1.807, 2.05) is 54.6 Å². The number of anilines is 2. The highest BCUT2D eigenvalue weighted by Crippen LogP contribution is 2.47. The lowest BCUT2D eigenvalue weighted by Gasteiger charge is -2.31. The fourth-order valence-electron chi connectivity index (χ4n) is 2.84. The lowest BCUT2D eigenvalue weighted by Crippen LogP contribution is -2.37. The van der Waals surface area contributed by atoms with Gasteiger partial charge < -0.3 is 5.32 Å². The minimum Gasteiger partial charge on any atom is -0.333 e. The third kappa shape index (κ3) is 3.28. The topological polar surface area (TPSA) is 32.3 Å². The number of nitrogens with one attached hydrogen (secondary N) is 1. The van der Waals surface area contributed by atoms with Crippen molar-refractivity contribution in [2.75, 3.05) is 4.90 Å². The number of carbonyl (C=O) groups is 1. The number of hydrogen-bond acceptors (Lipinski definition) is 2. The minimum absolute atomic E-state index is 0.198. The van der Waals surface area contributed by atoms with E-state index in [4.69, 9.17) is 23.2 Å². The molecule has 0 unspecified atom stereocenters. The van der Waals surface area contributed by atoms with E-state index in [0.717, 1.165) is 26.7 Å². The number of hydrogen-bond donors (Lipinski definition) is 1. The Hall–Kier alpha value is -2.14. The molecule has 0 aromatic heterocycles. The maximum Gasteiger partial charge on any atom is 0.326 e. The highest BCUT2D eigenvalue weighted by molar-refractivity contribution is 7.99. The number of amides is 2.